The standard InChI is InChI=1S/C14H17N3O2S/c1-9(2)13-16-14(20-17-13)15-11-6-4-5-10(7-11)8-12(18)19-3/h4-7,9H,8H2,1-3H3,(H,15,16,17). The number of rotatable bonds is 5. The van der Waals surface area contributed by atoms with Gasteiger partial charge in [-0.2, -0.15) is 4.37 Å². The van der Waals surface area contributed by atoms with Gasteiger partial charge >= 0.3 is 5.97 Å². The largest absolute Gasteiger partial charge is 0.469 e. The second-order valence-electron chi connectivity index (χ2n) is 4.69. The summed E-state index contributed by atoms with van der Waals surface area (Å²) in [6.45, 7) is 4.12. The lowest BCUT2D eigenvalue weighted by molar-refractivity contribution is -0.139. The van der Waals surface area contributed by atoms with Gasteiger partial charge in [0.05, 0.1) is 13.5 Å². The molecule has 0 saturated heterocycles. The molecule has 2 rings (SSSR count). The molecule has 1 N–H and O–H groups in total. The molecule has 0 aliphatic rings. The summed E-state index contributed by atoms with van der Waals surface area (Å²) >= 11 is 1.33. The van der Waals surface area contributed by atoms with Crippen molar-refractivity contribution in [2.75, 3.05) is 12.4 Å². The first-order chi connectivity index (χ1) is 9.58. The van der Waals surface area contributed by atoms with Crippen molar-refractivity contribution in [3.05, 3.63) is 35.7 Å². The predicted molar refractivity (Wildman–Crippen MR) is 79.4 cm³/mol. The Bertz CT molecular complexity index is 596. The number of carbonyl (C=O) groups excluding carboxylic acids is 1. The molecule has 0 saturated carbocycles. The molecule has 1 aromatic heterocycles. The van der Waals surface area contributed by atoms with Crippen molar-refractivity contribution < 1.29 is 9.53 Å². The van der Waals surface area contributed by atoms with Crippen molar-refractivity contribution in [2.45, 2.75) is 26.2 Å². The maximum Gasteiger partial charge on any atom is 0.309 e. The molecule has 1 aromatic carbocycles. The Balaban J connectivity index is 2.08. The van der Waals surface area contributed by atoms with E-state index in [9.17, 15) is 4.79 Å². The molecule has 0 atom stereocenters. The average molecular weight is 291 g/mol. The van der Waals surface area contributed by atoms with Crippen LogP contribution in [0.15, 0.2) is 24.3 Å². The molecular weight excluding hydrogens is 274 g/mol. The number of benzene rings is 1. The van der Waals surface area contributed by atoms with Gasteiger partial charge in [0.1, 0.15) is 5.82 Å². The van der Waals surface area contributed by atoms with E-state index in [4.69, 9.17) is 0 Å². The number of esters is 1. The summed E-state index contributed by atoms with van der Waals surface area (Å²) in [6.07, 6.45) is 0.263. The highest BCUT2D eigenvalue weighted by atomic mass is 32.1. The van der Waals surface area contributed by atoms with Crippen LogP contribution < -0.4 is 5.32 Å². The smallest absolute Gasteiger partial charge is 0.309 e. The summed E-state index contributed by atoms with van der Waals surface area (Å²) in [5, 5.41) is 3.96. The predicted octanol–water partition coefficient (Wildman–Crippen LogP) is 3.12. The normalized spacial score (nSPS) is 10.6. The molecule has 106 valence electrons. The average Bonchev–Trinajstić information content (AvgIpc) is 2.87. The Morgan fingerprint density at radius 2 is 2.25 bits per heavy atom. The summed E-state index contributed by atoms with van der Waals surface area (Å²) in [5.41, 5.74) is 1.79. The number of hydrogen-bond donors (Lipinski definition) is 1. The number of aromatic nitrogens is 2. The van der Waals surface area contributed by atoms with Crippen molar-refractivity contribution in [3.63, 3.8) is 0 Å². The zero-order chi connectivity index (χ0) is 14.5. The van der Waals surface area contributed by atoms with Gasteiger partial charge in [-0.3, -0.25) is 4.79 Å². The summed E-state index contributed by atoms with van der Waals surface area (Å²) in [7, 11) is 1.39. The van der Waals surface area contributed by atoms with Gasteiger partial charge in [-0.1, -0.05) is 26.0 Å². The Labute approximate surface area is 122 Å². The molecular formula is C14H17N3O2S. The van der Waals surface area contributed by atoms with Gasteiger partial charge in [0.25, 0.3) is 0 Å². The highest BCUT2D eigenvalue weighted by molar-refractivity contribution is 7.09. The number of anilines is 2. The third kappa shape index (κ3) is 3.77. The van der Waals surface area contributed by atoms with E-state index in [1.165, 1.54) is 18.6 Å². The lowest BCUT2D eigenvalue weighted by atomic mass is 10.1. The van der Waals surface area contributed by atoms with Crippen molar-refractivity contribution in [1.82, 2.24) is 9.36 Å². The van der Waals surface area contributed by atoms with Gasteiger partial charge in [-0.15, -0.1) is 0 Å². The van der Waals surface area contributed by atoms with Gasteiger partial charge in [-0.05, 0) is 17.7 Å². The highest BCUT2D eigenvalue weighted by Gasteiger charge is 2.08. The Morgan fingerprint density at radius 1 is 1.45 bits per heavy atom. The van der Waals surface area contributed by atoms with Crippen LogP contribution >= 0.6 is 11.5 Å². The van der Waals surface area contributed by atoms with Crippen LogP contribution in [0.25, 0.3) is 0 Å². The number of ether oxygens (including phenoxy) is 1. The molecule has 0 spiro atoms. The summed E-state index contributed by atoms with van der Waals surface area (Å²) in [6, 6.07) is 7.62. The van der Waals surface area contributed by atoms with Crippen LogP contribution in [0.3, 0.4) is 0 Å². The van der Waals surface area contributed by atoms with E-state index >= 15 is 0 Å². The fourth-order valence-electron chi connectivity index (χ4n) is 1.64. The van der Waals surface area contributed by atoms with Crippen LogP contribution in [-0.2, 0) is 16.0 Å². The van der Waals surface area contributed by atoms with Gasteiger partial charge in [0.15, 0.2) is 0 Å². The van der Waals surface area contributed by atoms with E-state index in [0.717, 1.165) is 22.2 Å². The number of carbonyl (C=O) groups is 1. The minimum atomic E-state index is -0.250. The molecule has 0 radical (unpaired) electrons. The van der Waals surface area contributed by atoms with Gasteiger partial charge in [0.2, 0.25) is 5.13 Å². The first-order valence-corrected chi connectivity index (χ1v) is 7.12. The molecule has 20 heavy (non-hydrogen) atoms. The monoisotopic (exact) mass is 291 g/mol. The summed E-state index contributed by atoms with van der Waals surface area (Å²) in [4.78, 5) is 15.7. The highest BCUT2D eigenvalue weighted by Crippen LogP contribution is 2.22. The van der Waals surface area contributed by atoms with E-state index in [-0.39, 0.29) is 12.4 Å². The van der Waals surface area contributed by atoms with E-state index in [1.54, 1.807) is 0 Å². The molecule has 0 bridgehead atoms. The Kier molecular flexibility index (Phi) is 4.68. The number of methoxy groups -OCH3 is 1. The number of nitrogens with one attached hydrogen (secondary N) is 1. The lowest BCUT2D eigenvalue weighted by Gasteiger charge is -2.05. The van der Waals surface area contributed by atoms with Gasteiger partial charge < -0.3 is 10.1 Å². The molecule has 6 heteroatoms. The molecule has 0 unspecified atom stereocenters. The zero-order valence-corrected chi connectivity index (χ0v) is 12.5. The second kappa shape index (κ2) is 6.47. The van der Waals surface area contributed by atoms with Gasteiger partial charge in [0, 0.05) is 23.1 Å². The molecule has 0 aliphatic heterocycles. The van der Waals surface area contributed by atoms with E-state index < -0.39 is 0 Å². The molecule has 0 fully saturated rings. The topological polar surface area (TPSA) is 64.1 Å². The Morgan fingerprint density at radius 3 is 2.90 bits per heavy atom. The molecule has 0 amide bonds. The summed E-state index contributed by atoms with van der Waals surface area (Å²) < 4.78 is 8.95. The first kappa shape index (κ1) is 14.5. The number of hydrogen-bond acceptors (Lipinski definition) is 6. The maximum absolute atomic E-state index is 11.3. The van der Waals surface area contributed by atoms with Crippen LogP contribution in [0.4, 0.5) is 10.8 Å². The molecule has 2 aromatic rings. The minimum absolute atomic E-state index is 0.250. The Hall–Kier alpha value is -1.95. The minimum Gasteiger partial charge on any atom is -0.469 e. The summed E-state index contributed by atoms with van der Waals surface area (Å²) in [5.74, 6) is 0.899. The van der Waals surface area contributed by atoms with Crippen molar-refractivity contribution in [3.8, 4) is 0 Å². The van der Waals surface area contributed by atoms with Crippen LogP contribution in [0, 0.1) is 0 Å². The van der Waals surface area contributed by atoms with Crippen LogP contribution in [0.1, 0.15) is 31.2 Å². The fraction of sp³-hybridized carbons (Fsp3) is 0.357. The van der Waals surface area contributed by atoms with E-state index in [1.807, 2.05) is 24.3 Å². The first-order valence-electron chi connectivity index (χ1n) is 6.35. The second-order valence-corrected chi connectivity index (χ2v) is 5.44. The third-order valence-corrected chi connectivity index (χ3v) is 3.36. The van der Waals surface area contributed by atoms with Crippen molar-refractivity contribution in [1.29, 1.82) is 0 Å². The maximum atomic E-state index is 11.3. The van der Waals surface area contributed by atoms with Crippen LogP contribution in [-0.4, -0.2) is 22.4 Å². The van der Waals surface area contributed by atoms with Gasteiger partial charge in [-0.25, -0.2) is 4.98 Å². The number of nitrogens with zero attached hydrogens (tertiary/aromatic N) is 2. The van der Waals surface area contributed by atoms with Crippen LogP contribution in [0.2, 0.25) is 0 Å². The SMILES string of the molecule is COC(=O)Cc1cccc(Nc2nc(C(C)C)ns2)c1. The third-order valence-electron chi connectivity index (χ3n) is 2.71. The molecule has 1 heterocycles. The van der Waals surface area contributed by atoms with E-state index in [0.29, 0.717) is 5.92 Å². The quantitative estimate of drug-likeness (QED) is 0.857. The van der Waals surface area contributed by atoms with Crippen molar-refractivity contribution in [2.24, 2.45) is 0 Å². The van der Waals surface area contributed by atoms with E-state index in [2.05, 4.69) is 33.3 Å². The zero-order valence-electron chi connectivity index (χ0n) is 11.7. The molecule has 0 aliphatic carbocycles. The molecule has 5 nitrogen and oxygen atoms in total. The fourth-order valence-corrected chi connectivity index (χ4v) is 2.37. The van der Waals surface area contributed by atoms with Crippen molar-refractivity contribution >= 4 is 28.3 Å². The van der Waals surface area contributed by atoms with Crippen LogP contribution in [0.5, 0.6) is 0 Å². The lowest BCUT2D eigenvalue weighted by Crippen LogP contribution is -2.04.